The van der Waals surface area contributed by atoms with Gasteiger partial charge in [0.2, 0.25) is 0 Å². The van der Waals surface area contributed by atoms with Gasteiger partial charge in [0, 0.05) is 12.6 Å². The molecule has 88 valence electrons. The van der Waals surface area contributed by atoms with E-state index < -0.39 is 0 Å². The van der Waals surface area contributed by atoms with Crippen molar-refractivity contribution in [1.29, 1.82) is 0 Å². The maximum absolute atomic E-state index is 13.2. The zero-order valence-corrected chi connectivity index (χ0v) is 9.93. The van der Waals surface area contributed by atoms with E-state index in [1.807, 2.05) is 6.07 Å². The third kappa shape index (κ3) is 3.31. The van der Waals surface area contributed by atoms with Gasteiger partial charge in [-0.15, -0.1) is 0 Å². The van der Waals surface area contributed by atoms with E-state index in [1.165, 1.54) is 31.2 Å². The normalized spacial score (nSPS) is 15.4. The van der Waals surface area contributed by atoms with E-state index in [-0.39, 0.29) is 5.82 Å². The minimum atomic E-state index is -0.118. The van der Waals surface area contributed by atoms with Crippen LogP contribution in [-0.4, -0.2) is 6.04 Å². The Morgan fingerprint density at radius 1 is 1.31 bits per heavy atom. The van der Waals surface area contributed by atoms with Crippen LogP contribution in [0.3, 0.4) is 0 Å². The zero-order valence-electron chi connectivity index (χ0n) is 9.93. The third-order valence-corrected chi connectivity index (χ3v) is 3.13. The molecular formula is C14H20FN. The van der Waals surface area contributed by atoms with Gasteiger partial charge >= 0.3 is 0 Å². The second-order valence-corrected chi connectivity index (χ2v) is 4.67. The maximum Gasteiger partial charge on any atom is 0.123 e. The van der Waals surface area contributed by atoms with Gasteiger partial charge in [-0.1, -0.05) is 19.4 Å². The molecule has 2 heteroatoms. The average molecular weight is 221 g/mol. The van der Waals surface area contributed by atoms with E-state index >= 15 is 0 Å². The van der Waals surface area contributed by atoms with E-state index in [9.17, 15) is 4.39 Å². The molecule has 0 unspecified atom stereocenters. The first kappa shape index (κ1) is 11.6. The van der Waals surface area contributed by atoms with Gasteiger partial charge in [-0.25, -0.2) is 4.39 Å². The lowest BCUT2D eigenvalue weighted by Gasteiger charge is -2.10. The van der Waals surface area contributed by atoms with Crippen molar-refractivity contribution in [3.8, 4) is 0 Å². The van der Waals surface area contributed by atoms with Crippen LogP contribution in [0.1, 0.15) is 43.7 Å². The average Bonchev–Trinajstić information content (AvgIpc) is 3.09. The second-order valence-electron chi connectivity index (χ2n) is 4.67. The molecule has 1 saturated carbocycles. The number of halogens is 1. The summed E-state index contributed by atoms with van der Waals surface area (Å²) in [4.78, 5) is 0. The van der Waals surface area contributed by atoms with Crippen molar-refractivity contribution in [2.24, 2.45) is 0 Å². The number of benzene rings is 1. The Kier molecular flexibility index (Phi) is 3.94. The predicted molar refractivity (Wildman–Crippen MR) is 64.9 cm³/mol. The molecule has 0 atom stereocenters. The second kappa shape index (κ2) is 5.44. The Hall–Kier alpha value is -0.890. The molecule has 1 aromatic carbocycles. The van der Waals surface area contributed by atoms with Gasteiger partial charge in [-0.05, 0) is 48.9 Å². The summed E-state index contributed by atoms with van der Waals surface area (Å²) in [5.74, 6) is -0.118. The Bertz CT molecular complexity index is 345. The van der Waals surface area contributed by atoms with E-state index in [4.69, 9.17) is 0 Å². The van der Waals surface area contributed by atoms with E-state index in [2.05, 4.69) is 12.2 Å². The molecule has 16 heavy (non-hydrogen) atoms. The molecule has 1 fully saturated rings. The molecule has 0 spiro atoms. The molecule has 0 radical (unpaired) electrons. The van der Waals surface area contributed by atoms with Crippen LogP contribution in [0.2, 0.25) is 0 Å². The molecule has 1 aliphatic rings. The summed E-state index contributed by atoms with van der Waals surface area (Å²) < 4.78 is 13.2. The lowest BCUT2D eigenvalue weighted by molar-refractivity contribution is 0.616. The number of hydrogen-bond acceptors (Lipinski definition) is 1. The summed E-state index contributed by atoms with van der Waals surface area (Å²) in [5, 5.41) is 3.45. The van der Waals surface area contributed by atoms with Crippen molar-refractivity contribution in [1.82, 2.24) is 5.32 Å². The molecule has 0 amide bonds. The van der Waals surface area contributed by atoms with Crippen LogP contribution < -0.4 is 5.32 Å². The fourth-order valence-electron chi connectivity index (χ4n) is 1.91. The molecule has 1 aromatic rings. The third-order valence-electron chi connectivity index (χ3n) is 3.13. The first-order chi connectivity index (χ1) is 7.79. The number of rotatable bonds is 6. The van der Waals surface area contributed by atoms with Crippen LogP contribution in [0.4, 0.5) is 4.39 Å². The Morgan fingerprint density at radius 3 is 2.81 bits per heavy atom. The van der Waals surface area contributed by atoms with Gasteiger partial charge in [0.05, 0.1) is 0 Å². The van der Waals surface area contributed by atoms with Crippen molar-refractivity contribution in [2.45, 2.75) is 51.6 Å². The predicted octanol–water partition coefficient (Wildman–Crippen LogP) is 3.42. The molecule has 0 aromatic heterocycles. The van der Waals surface area contributed by atoms with Crippen molar-refractivity contribution < 1.29 is 4.39 Å². The Labute approximate surface area is 97.1 Å². The minimum absolute atomic E-state index is 0.118. The SMILES string of the molecule is CCCCc1ccc(F)cc1CNC1CC1. The van der Waals surface area contributed by atoms with Crippen molar-refractivity contribution in [3.05, 3.63) is 35.1 Å². The standard InChI is InChI=1S/C14H20FN/c1-2-3-4-11-5-6-13(15)9-12(11)10-16-14-7-8-14/h5-6,9,14,16H,2-4,7-8,10H2,1H3. The van der Waals surface area contributed by atoms with Gasteiger partial charge < -0.3 is 5.32 Å². The molecular weight excluding hydrogens is 201 g/mol. The molecule has 0 bridgehead atoms. The number of unbranched alkanes of at least 4 members (excludes halogenated alkanes) is 1. The van der Waals surface area contributed by atoms with E-state index in [0.29, 0.717) is 6.04 Å². The first-order valence-electron chi connectivity index (χ1n) is 6.30. The molecule has 1 nitrogen and oxygen atoms in total. The monoisotopic (exact) mass is 221 g/mol. The lowest BCUT2D eigenvalue weighted by Crippen LogP contribution is -2.16. The van der Waals surface area contributed by atoms with Crippen LogP contribution in [0.5, 0.6) is 0 Å². The molecule has 0 aliphatic heterocycles. The molecule has 0 saturated heterocycles. The van der Waals surface area contributed by atoms with Crippen molar-refractivity contribution in [3.63, 3.8) is 0 Å². The maximum atomic E-state index is 13.2. The highest BCUT2D eigenvalue weighted by molar-refractivity contribution is 5.28. The highest BCUT2D eigenvalue weighted by Gasteiger charge is 2.20. The number of aryl methyl sites for hydroxylation is 1. The topological polar surface area (TPSA) is 12.0 Å². The summed E-state index contributed by atoms with van der Waals surface area (Å²) >= 11 is 0. The lowest BCUT2D eigenvalue weighted by atomic mass is 10.0. The van der Waals surface area contributed by atoms with Gasteiger partial charge in [0.15, 0.2) is 0 Å². The summed E-state index contributed by atoms with van der Waals surface area (Å²) in [6.07, 6.45) is 5.99. The van der Waals surface area contributed by atoms with Gasteiger partial charge in [-0.2, -0.15) is 0 Å². The van der Waals surface area contributed by atoms with Crippen LogP contribution in [0.15, 0.2) is 18.2 Å². The molecule has 1 aliphatic carbocycles. The summed E-state index contributed by atoms with van der Waals surface area (Å²) in [5.41, 5.74) is 2.44. The summed E-state index contributed by atoms with van der Waals surface area (Å²) in [6, 6.07) is 5.88. The fourth-order valence-corrected chi connectivity index (χ4v) is 1.91. The fraction of sp³-hybridized carbons (Fsp3) is 0.571. The van der Waals surface area contributed by atoms with Crippen molar-refractivity contribution >= 4 is 0 Å². The Balaban J connectivity index is 2.01. The summed E-state index contributed by atoms with van der Waals surface area (Å²) in [7, 11) is 0. The first-order valence-corrected chi connectivity index (χ1v) is 6.30. The van der Waals surface area contributed by atoms with Crippen molar-refractivity contribution in [2.75, 3.05) is 0 Å². The molecule has 1 N–H and O–H groups in total. The van der Waals surface area contributed by atoms with Gasteiger partial charge in [0.1, 0.15) is 5.82 Å². The quantitative estimate of drug-likeness (QED) is 0.776. The van der Waals surface area contributed by atoms with Gasteiger partial charge in [0.25, 0.3) is 0 Å². The van der Waals surface area contributed by atoms with Crippen LogP contribution in [-0.2, 0) is 13.0 Å². The number of nitrogens with one attached hydrogen (secondary N) is 1. The zero-order chi connectivity index (χ0) is 11.4. The van der Waals surface area contributed by atoms with Gasteiger partial charge in [-0.3, -0.25) is 0 Å². The van der Waals surface area contributed by atoms with E-state index in [0.717, 1.165) is 18.5 Å². The Morgan fingerprint density at radius 2 is 2.12 bits per heavy atom. The number of hydrogen-bond donors (Lipinski definition) is 1. The largest absolute Gasteiger partial charge is 0.310 e. The highest BCUT2D eigenvalue weighted by atomic mass is 19.1. The van der Waals surface area contributed by atoms with Crippen LogP contribution in [0, 0.1) is 5.82 Å². The summed E-state index contributed by atoms with van der Waals surface area (Å²) in [6.45, 7) is 3.01. The highest BCUT2D eigenvalue weighted by Crippen LogP contribution is 2.21. The van der Waals surface area contributed by atoms with Crippen LogP contribution in [0.25, 0.3) is 0 Å². The minimum Gasteiger partial charge on any atom is -0.310 e. The van der Waals surface area contributed by atoms with Crippen LogP contribution >= 0.6 is 0 Å². The molecule has 2 rings (SSSR count). The molecule has 0 heterocycles. The smallest absolute Gasteiger partial charge is 0.123 e. The van der Waals surface area contributed by atoms with E-state index in [1.54, 1.807) is 12.1 Å².